The number of halogens is 3. The molecule has 4 rings (SSSR count). The summed E-state index contributed by atoms with van der Waals surface area (Å²) in [6, 6.07) is 8.05. The predicted molar refractivity (Wildman–Crippen MR) is 116 cm³/mol. The molecule has 1 unspecified atom stereocenters. The third kappa shape index (κ3) is 4.42. The van der Waals surface area contributed by atoms with Gasteiger partial charge >= 0.3 is 12.2 Å². The Balaban J connectivity index is 1.60. The Bertz CT molecular complexity index is 1090. The number of rotatable bonds is 2. The topological polar surface area (TPSA) is 60.5 Å². The Morgan fingerprint density at radius 1 is 1.19 bits per heavy atom. The van der Waals surface area contributed by atoms with Gasteiger partial charge in [-0.15, -0.1) is 0 Å². The van der Waals surface area contributed by atoms with Crippen LogP contribution in [-0.4, -0.2) is 41.0 Å². The number of benzene rings is 1. The molecule has 2 aliphatic rings. The number of dihydropyridines is 1. The molecule has 1 atom stereocenters. The molecule has 32 heavy (non-hydrogen) atoms. The van der Waals surface area contributed by atoms with Gasteiger partial charge in [0.05, 0.1) is 17.3 Å². The van der Waals surface area contributed by atoms with E-state index in [1.807, 2.05) is 37.9 Å². The zero-order chi connectivity index (χ0) is 23.0. The Kier molecular flexibility index (Phi) is 5.58. The van der Waals surface area contributed by atoms with Crippen LogP contribution >= 0.6 is 0 Å². The third-order valence-corrected chi connectivity index (χ3v) is 5.47. The first-order chi connectivity index (χ1) is 15.1. The second-order valence-electron chi connectivity index (χ2n) is 8.01. The number of amides is 2. The van der Waals surface area contributed by atoms with E-state index in [1.165, 1.54) is 6.07 Å². The van der Waals surface area contributed by atoms with Crippen molar-refractivity contribution in [3.8, 4) is 0 Å². The molecule has 3 heterocycles. The fourth-order valence-electron chi connectivity index (χ4n) is 3.93. The fourth-order valence-corrected chi connectivity index (χ4v) is 3.93. The van der Waals surface area contributed by atoms with E-state index in [4.69, 9.17) is 0 Å². The van der Waals surface area contributed by atoms with Crippen LogP contribution in [0.15, 0.2) is 60.1 Å². The van der Waals surface area contributed by atoms with Gasteiger partial charge in [0, 0.05) is 25.8 Å². The minimum absolute atomic E-state index is 0.353. The summed E-state index contributed by atoms with van der Waals surface area (Å²) in [6.07, 6.45) is -0.780. The maximum absolute atomic E-state index is 13.2. The van der Waals surface area contributed by atoms with Crippen molar-refractivity contribution < 1.29 is 18.0 Å². The number of urea groups is 1. The molecule has 0 radical (unpaired) electrons. The normalized spacial score (nSPS) is 18.4. The molecular formula is C23H24F3N5O. The first-order valence-electron chi connectivity index (χ1n) is 10.2. The van der Waals surface area contributed by atoms with Gasteiger partial charge in [-0.25, -0.2) is 9.78 Å². The molecule has 2 aliphatic heterocycles. The molecule has 0 spiro atoms. The van der Waals surface area contributed by atoms with Crippen LogP contribution in [0.2, 0.25) is 0 Å². The maximum atomic E-state index is 13.2. The van der Waals surface area contributed by atoms with Crippen molar-refractivity contribution in [1.29, 1.82) is 0 Å². The second kappa shape index (κ2) is 8.22. The summed E-state index contributed by atoms with van der Waals surface area (Å²) in [7, 11) is 1.91. The summed E-state index contributed by atoms with van der Waals surface area (Å²) < 4.78 is 39.5. The number of carbonyl (C=O) groups is 1. The zero-order valence-corrected chi connectivity index (χ0v) is 18.0. The van der Waals surface area contributed by atoms with Crippen molar-refractivity contribution in [3.63, 3.8) is 0 Å². The molecule has 2 amide bonds. The highest BCUT2D eigenvalue weighted by atomic mass is 19.4. The lowest BCUT2D eigenvalue weighted by molar-refractivity contribution is -0.137. The van der Waals surface area contributed by atoms with Crippen LogP contribution in [0.25, 0.3) is 0 Å². The SMILES string of the molecule is Cc1cc(C)nc(NC(=O)N2CCN(C)C3=C2NC(c2cccc(C(F)(F)F)c2)C=C3)c1. The van der Waals surface area contributed by atoms with Crippen LogP contribution in [0.1, 0.15) is 28.4 Å². The van der Waals surface area contributed by atoms with Crippen LogP contribution in [0.5, 0.6) is 0 Å². The first-order valence-corrected chi connectivity index (χ1v) is 10.2. The van der Waals surface area contributed by atoms with Gasteiger partial charge in [0.1, 0.15) is 11.6 Å². The molecule has 0 aliphatic carbocycles. The summed E-state index contributed by atoms with van der Waals surface area (Å²) in [4.78, 5) is 21.0. The molecule has 2 aromatic rings. The Labute approximate surface area is 184 Å². The van der Waals surface area contributed by atoms with Crippen LogP contribution in [0, 0.1) is 13.8 Å². The standard InChI is InChI=1S/C23H24F3N5O/c1-14-11-15(2)27-20(12-14)29-22(32)31-10-9-30(3)19-8-7-18(28-21(19)31)16-5-4-6-17(13-16)23(24,25)26/h4-8,11-13,18,28H,9-10H2,1-3H3,(H,27,29,32). The van der Waals surface area contributed by atoms with E-state index in [0.29, 0.717) is 30.3 Å². The van der Waals surface area contributed by atoms with Gasteiger partial charge in [0.2, 0.25) is 0 Å². The van der Waals surface area contributed by atoms with Crippen LogP contribution < -0.4 is 10.6 Å². The van der Waals surface area contributed by atoms with Crippen molar-refractivity contribution in [3.05, 3.63) is 82.5 Å². The largest absolute Gasteiger partial charge is 0.416 e. The van der Waals surface area contributed by atoms with Crippen molar-refractivity contribution in [2.75, 3.05) is 25.5 Å². The maximum Gasteiger partial charge on any atom is 0.416 e. The highest BCUT2D eigenvalue weighted by Crippen LogP contribution is 2.33. The molecule has 1 aromatic carbocycles. The highest BCUT2D eigenvalue weighted by molar-refractivity contribution is 5.90. The molecule has 0 bridgehead atoms. The molecule has 6 nitrogen and oxygen atoms in total. The molecule has 168 valence electrons. The summed E-state index contributed by atoms with van der Waals surface area (Å²) in [6.45, 7) is 4.81. The van der Waals surface area contributed by atoms with Gasteiger partial charge in [-0.2, -0.15) is 13.2 Å². The number of alkyl halides is 3. The predicted octanol–water partition coefficient (Wildman–Crippen LogP) is 4.57. The number of carbonyl (C=O) groups excluding carboxylic acids is 1. The number of pyridine rings is 1. The van der Waals surface area contributed by atoms with E-state index in [0.717, 1.165) is 29.1 Å². The van der Waals surface area contributed by atoms with Crippen LogP contribution in [0.4, 0.5) is 23.8 Å². The van der Waals surface area contributed by atoms with Gasteiger partial charge in [-0.3, -0.25) is 10.2 Å². The smallest absolute Gasteiger partial charge is 0.370 e. The van der Waals surface area contributed by atoms with E-state index in [2.05, 4.69) is 15.6 Å². The number of likely N-dealkylation sites (N-methyl/N-ethyl adjacent to an activating group) is 1. The third-order valence-electron chi connectivity index (χ3n) is 5.47. The molecule has 2 N–H and O–H groups in total. The quantitative estimate of drug-likeness (QED) is 0.714. The monoisotopic (exact) mass is 443 g/mol. The first kappa shape index (κ1) is 21.7. The van der Waals surface area contributed by atoms with E-state index in [-0.39, 0.29) is 6.03 Å². The Morgan fingerprint density at radius 2 is 1.97 bits per heavy atom. The van der Waals surface area contributed by atoms with Gasteiger partial charge in [-0.05, 0) is 55.3 Å². The van der Waals surface area contributed by atoms with Gasteiger partial charge in [-0.1, -0.05) is 18.2 Å². The van der Waals surface area contributed by atoms with Crippen molar-refractivity contribution in [2.24, 2.45) is 0 Å². The highest BCUT2D eigenvalue weighted by Gasteiger charge is 2.33. The second-order valence-corrected chi connectivity index (χ2v) is 8.01. The summed E-state index contributed by atoms with van der Waals surface area (Å²) in [5.74, 6) is 1.000. The zero-order valence-electron chi connectivity index (χ0n) is 18.0. The number of hydrogen-bond acceptors (Lipinski definition) is 4. The molecule has 0 saturated heterocycles. The molecule has 0 fully saturated rings. The number of nitrogens with one attached hydrogen (secondary N) is 2. The average molecular weight is 443 g/mol. The Hall–Kier alpha value is -3.49. The summed E-state index contributed by atoms with van der Waals surface area (Å²) >= 11 is 0. The lowest BCUT2D eigenvalue weighted by Crippen LogP contribution is -2.50. The minimum atomic E-state index is -4.42. The summed E-state index contributed by atoms with van der Waals surface area (Å²) in [5, 5.41) is 6.08. The van der Waals surface area contributed by atoms with E-state index in [1.54, 1.807) is 23.1 Å². The fraction of sp³-hybridized carbons (Fsp3) is 0.304. The number of aromatic nitrogens is 1. The number of aryl methyl sites for hydroxylation is 2. The van der Waals surface area contributed by atoms with E-state index < -0.39 is 17.8 Å². The molecule has 9 heteroatoms. The molecule has 0 saturated carbocycles. The lowest BCUT2D eigenvalue weighted by Gasteiger charge is -2.40. The lowest BCUT2D eigenvalue weighted by atomic mass is 10.0. The van der Waals surface area contributed by atoms with Crippen molar-refractivity contribution >= 4 is 11.8 Å². The average Bonchev–Trinajstić information content (AvgIpc) is 2.72. The van der Waals surface area contributed by atoms with Crippen molar-refractivity contribution in [2.45, 2.75) is 26.1 Å². The summed E-state index contributed by atoms with van der Waals surface area (Å²) in [5.41, 5.74) is 2.33. The van der Waals surface area contributed by atoms with Gasteiger partial charge in [0.25, 0.3) is 0 Å². The van der Waals surface area contributed by atoms with Crippen LogP contribution in [0.3, 0.4) is 0 Å². The van der Waals surface area contributed by atoms with Gasteiger partial charge < -0.3 is 10.2 Å². The molecular weight excluding hydrogens is 419 g/mol. The minimum Gasteiger partial charge on any atom is -0.370 e. The Morgan fingerprint density at radius 3 is 2.69 bits per heavy atom. The van der Waals surface area contributed by atoms with Gasteiger partial charge in [0.15, 0.2) is 0 Å². The van der Waals surface area contributed by atoms with E-state index >= 15 is 0 Å². The number of anilines is 1. The number of nitrogens with zero attached hydrogens (tertiary/aromatic N) is 3. The number of allylic oxidation sites excluding steroid dienone is 1. The number of hydrogen-bond donors (Lipinski definition) is 2. The van der Waals surface area contributed by atoms with E-state index in [9.17, 15) is 18.0 Å². The molecule has 1 aromatic heterocycles. The van der Waals surface area contributed by atoms with Crippen LogP contribution in [-0.2, 0) is 6.18 Å². The van der Waals surface area contributed by atoms with Crippen molar-refractivity contribution in [1.82, 2.24) is 20.1 Å².